The number of nitrogens with one attached hydrogen (secondary N) is 1. The zero-order chi connectivity index (χ0) is 18.7. The molecule has 1 aromatic carbocycles. The highest BCUT2D eigenvalue weighted by Gasteiger charge is 2.29. The molecule has 1 atom stereocenters. The van der Waals surface area contributed by atoms with Crippen LogP contribution in [-0.4, -0.2) is 40.8 Å². The number of hydrogen-bond donors (Lipinski definition) is 2. The number of halogens is 1. The van der Waals surface area contributed by atoms with Crippen molar-refractivity contribution in [1.82, 2.24) is 15.2 Å². The molecule has 136 valence electrons. The van der Waals surface area contributed by atoms with E-state index in [4.69, 9.17) is 17.3 Å². The summed E-state index contributed by atoms with van der Waals surface area (Å²) in [5.41, 5.74) is 7.89. The summed E-state index contributed by atoms with van der Waals surface area (Å²) in [7, 11) is 0. The van der Waals surface area contributed by atoms with Crippen LogP contribution in [0, 0.1) is 0 Å². The van der Waals surface area contributed by atoms with Crippen LogP contribution in [0.4, 0.5) is 5.82 Å². The number of aromatic nitrogens is 1. The quantitative estimate of drug-likeness (QED) is 0.844. The van der Waals surface area contributed by atoms with Gasteiger partial charge in [0.1, 0.15) is 5.82 Å². The first-order valence-corrected chi connectivity index (χ1v) is 8.95. The summed E-state index contributed by atoms with van der Waals surface area (Å²) < 4.78 is 0. The number of nitrogens with zero attached hydrogens (tertiary/aromatic N) is 2. The average molecular weight is 373 g/mol. The van der Waals surface area contributed by atoms with Crippen LogP contribution in [0.5, 0.6) is 0 Å². The summed E-state index contributed by atoms with van der Waals surface area (Å²) in [6.07, 6.45) is 2.92. The van der Waals surface area contributed by atoms with E-state index < -0.39 is 0 Å². The Hall–Kier alpha value is -2.60. The van der Waals surface area contributed by atoms with E-state index >= 15 is 0 Å². The number of anilines is 1. The number of hydrogen-bond acceptors (Lipinski definition) is 4. The molecule has 2 amide bonds. The summed E-state index contributed by atoms with van der Waals surface area (Å²) in [5.74, 6) is 0.205. The van der Waals surface area contributed by atoms with E-state index in [1.807, 2.05) is 19.1 Å². The van der Waals surface area contributed by atoms with E-state index in [0.29, 0.717) is 23.6 Å². The van der Waals surface area contributed by atoms with Crippen LogP contribution in [0.1, 0.15) is 30.1 Å². The lowest BCUT2D eigenvalue weighted by atomic mass is 10.1. The van der Waals surface area contributed by atoms with Gasteiger partial charge in [0.05, 0.1) is 11.1 Å². The van der Waals surface area contributed by atoms with Crippen molar-refractivity contribution >= 4 is 29.2 Å². The van der Waals surface area contributed by atoms with Crippen LogP contribution in [0.2, 0.25) is 5.02 Å². The molecule has 1 aromatic heterocycles. The zero-order valence-electron chi connectivity index (χ0n) is 14.5. The van der Waals surface area contributed by atoms with Crippen molar-refractivity contribution in [2.45, 2.75) is 25.8 Å². The Labute approximate surface area is 157 Å². The fraction of sp³-hybridized carbons (Fsp3) is 0.316. The van der Waals surface area contributed by atoms with Crippen molar-refractivity contribution in [2.75, 3.05) is 18.8 Å². The van der Waals surface area contributed by atoms with E-state index in [-0.39, 0.29) is 23.7 Å². The predicted octanol–water partition coefficient (Wildman–Crippen LogP) is 2.72. The lowest BCUT2D eigenvalue weighted by Crippen LogP contribution is -2.37. The third-order valence-corrected chi connectivity index (χ3v) is 4.70. The number of carbonyl (C=O) groups is 2. The molecule has 2 aromatic rings. The largest absolute Gasteiger partial charge is 0.382 e. The van der Waals surface area contributed by atoms with Crippen LogP contribution >= 0.6 is 11.6 Å². The first kappa shape index (κ1) is 18.2. The Morgan fingerprint density at radius 3 is 2.73 bits per heavy atom. The maximum absolute atomic E-state index is 12.4. The molecule has 1 aliphatic heterocycles. The highest BCUT2D eigenvalue weighted by atomic mass is 35.5. The van der Waals surface area contributed by atoms with E-state index in [0.717, 1.165) is 24.1 Å². The third-order valence-electron chi connectivity index (χ3n) is 4.39. The number of benzene rings is 1. The van der Waals surface area contributed by atoms with Crippen LogP contribution in [0.15, 0.2) is 36.5 Å². The first-order chi connectivity index (χ1) is 12.5. The summed E-state index contributed by atoms with van der Waals surface area (Å²) in [6.45, 7) is 3.34. The fourth-order valence-corrected chi connectivity index (χ4v) is 3.21. The Bertz CT molecular complexity index is 823. The lowest BCUT2D eigenvalue weighted by Gasteiger charge is -2.16. The molecule has 7 heteroatoms. The molecular formula is C19H21ClN4O2. The zero-order valence-corrected chi connectivity index (χ0v) is 15.3. The van der Waals surface area contributed by atoms with Crippen molar-refractivity contribution in [3.8, 4) is 11.1 Å². The Morgan fingerprint density at radius 2 is 2.08 bits per heavy atom. The lowest BCUT2D eigenvalue weighted by molar-refractivity contribution is -0.127. The van der Waals surface area contributed by atoms with Crippen molar-refractivity contribution < 1.29 is 9.59 Å². The highest BCUT2D eigenvalue weighted by molar-refractivity contribution is 6.33. The smallest absolute Gasteiger partial charge is 0.251 e. The summed E-state index contributed by atoms with van der Waals surface area (Å²) in [4.78, 5) is 30.2. The van der Waals surface area contributed by atoms with Gasteiger partial charge in [-0.15, -0.1) is 0 Å². The minimum absolute atomic E-state index is 0.0974. The number of amides is 2. The van der Waals surface area contributed by atoms with Gasteiger partial charge in [-0.2, -0.15) is 0 Å². The molecule has 0 radical (unpaired) electrons. The summed E-state index contributed by atoms with van der Waals surface area (Å²) in [5, 5.41) is 3.33. The minimum atomic E-state index is -0.179. The number of carbonyl (C=O) groups excluding carboxylic acids is 2. The van der Waals surface area contributed by atoms with Gasteiger partial charge >= 0.3 is 0 Å². The van der Waals surface area contributed by atoms with E-state index in [2.05, 4.69) is 10.3 Å². The van der Waals surface area contributed by atoms with Crippen molar-refractivity contribution in [1.29, 1.82) is 0 Å². The summed E-state index contributed by atoms with van der Waals surface area (Å²) in [6, 6.07) is 8.76. The first-order valence-electron chi connectivity index (χ1n) is 8.58. The molecule has 0 spiro atoms. The molecule has 1 unspecified atom stereocenters. The van der Waals surface area contributed by atoms with Crippen LogP contribution in [0.3, 0.4) is 0 Å². The van der Waals surface area contributed by atoms with Gasteiger partial charge in [0.2, 0.25) is 5.91 Å². The van der Waals surface area contributed by atoms with E-state index in [1.54, 1.807) is 29.3 Å². The van der Waals surface area contributed by atoms with E-state index in [9.17, 15) is 9.59 Å². The number of nitrogen functional groups attached to an aromatic ring is 1. The molecule has 1 aliphatic rings. The Kier molecular flexibility index (Phi) is 5.42. The minimum Gasteiger partial charge on any atom is -0.382 e. The van der Waals surface area contributed by atoms with Crippen molar-refractivity contribution in [3.05, 3.63) is 47.1 Å². The standard InChI is InChI=1S/C19H21ClN4O2/c1-2-7-24-11-15(9-17(24)25)23-19(26)13-5-3-12(4-6-13)14-8-16(20)18(21)22-10-14/h3-6,8,10,15H,2,7,9,11H2,1H3,(H2,21,22)(H,23,26). The normalized spacial score (nSPS) is 16.8. The number of pyridine rings is 1. The number of nitrogens with two attached hydrogens (primary N) is 1. The van der Waals surface area contributed by atoms with Gasteiger partial charge in [0.15, 0.2) is 0 Å². The van der Waals surface area contributed by atoms with Gasteiger partial charge in [0, 0.05) is 36.8 Å². The molecule has 26 heavy (non-hydrogen) atoms. The SMILES string of the molecule is CCCN1CC(NC(=O)c2ccc(-c3cnc(N)c(Cl)c3)cc2)CC1=O. The molecule has 0 saturated carbocycles. The van der Waals surface area contributed by atoms with Gasteiger partial charge in [-0.1, -0.05) is 30.7 Å². The second-order valence-electron chi connectivity index (χ2n) is 6.38. The van der Waals surface area contributed by atoms with Gasteiger partial charge in [-0.3, -0.25) is 9.59 Å². The highest BCUT2D eigenvalue weighted by Crippen LogP contribution is 2.25. The van der Waals surface area contributed by atoms with Crippen molar-refractivity contribution in [2.24, 2.45) is 0 Å². The molecule has 1 fully saturated rings. The number of rotatable bonds is 5. The molecule has 6 nitrogen and oxygen atoms in total. The maximum Gasteiger partial charge on any atom is 0.251 e. The van der Waals surface area contributed by atoms with Crippen LogP contribution < -0.4 is 11.1 Å². The Balaban J connectivity index is 1.66. The molecular weight excluding hydrogens is 352 g/mol. The van der Waals surface area contributed by atoms with Gasteiger partial charge in [0.25, 0.3) is 5.91 Å². The third kappa shape index (κ3) is 3.96. The van der Waals surface area contributed by atoms with Crippen molar-refractivity contribution in [3.63, 3.8) is 0 Å². The molecule has 0 aliphatic carbocycles. The fourth-order valence-electron chi connectivity index (χ4n) is 3.04. The monoisotopic (exact) mass is 372 g/mol. The second kappa shape index (κ2) is 7.74. The topological polar surface area (TPSA) is 88.3 Å². The Morgan fingerprint density at radius 1 is 1.35 bits per heavy atom. The van der Waals surface area contributed by atoms with Gasteiger partial charge < -0.3 is 16.0 Å². The second-order valence-corrected chi connectivity index (χ2v) is 6.79. The predicted molar refractivity (Wildman–Crippen MR) is 102 cm³/mol. The van der Waals surface area contributed by atoms with Gasteiger partial charge in [-0.05, 0) is 30.2 Å². The molecule has 2 heterocycles. The molecule has 3 N–H and O–H groups in total. The molecule has 3 rings (SSSR count). The van der Waals surface area contributed by atoms with Crippen LogP contribution in [0.25, 0.3) is 11.1 Å². The number of likely N-dealkylation sites (tertiary alicyclic amines) is 1. The molecule has 1 saturated heterocycles. The maximum atomic E-state index is 12.4. The van der Waals surface area contributed by atoms with Crippen LogP contribution in [-0.2, 0) is 4.79 Å². The van der Waals surface area contributed by atoms with Gasteiger partial charge in [-0.25, -0.2) is 4.98 Å². The van der Waals surface area contributed by atoms with E-state index in [1.165, 1.54) is 0 Å². The average Bonchev–Trinajstić information content (AvgIpc) is 2.97. The summed E-state index contributed by atoms with van der Waals surface area (Å²) >= 11 is 6.00. The molecule has 0 bridgehead atoms.